The minimum Gasteiger partial charge on any atom is -0.308 e. The lowest BCUT2D eigenvalue weighted by Gasteiger charge is -2.19. The minimum absolute atomic E-state index is 0.0103. The molecule has 0 radical (unpaired) electrons. The summed E-state index contributed by atoms with van der Waals surface area (Å²) in [7, 11) is 0. The third kappa shape index (κ3) is 8.47. The highest BCUT2D eigenvalue weighted by Gasteiger charge is 2.39. The lowest BCUT2D eigenvalue weighted by molar-refractivity contribution is -0.144. The van der Waals surface area contributed by atoms with Crippen LogP contribution in [0.4, 0.5) is 65.9 Å². The fourth-order valence-electron chi connectivity index (χ4n) is 9.36. The number of fused-ring (bicyclic) bond motifs is 6. The molecule has 0 aliphatic carbocycles. The predicted octanol–water partition coefficient (Wildman–Crippen LogP) is 17.7. The third-order valence-corrected chi connectivity index (χ3v) is 12.7. The van der Waals surface area contributed by atoms with Crippen molar-refractivity contribution in [3.63, 3.8) is 0 Å². The summed E-state index contributed by atoms with van der Waals surface area (Å²) in [5, 5.41) is 23.4. The van der Waals surface area contributed by atoms with E-state index in [-0.39, 0.29) is 62.4 Å². The van der Waals surface area contributed by atoms with E-state index in [0.29, 0.717) is 69.0 Å². The lowest BCUT2D eigenvalue weighted by Crippen LogP contribution is -2.11. The molecule has 74 heavy (non-hydrogen) atoms. The zero-order valence-electron chi connectivity index (χ0n) is 36.9. The van der Waals surface area contributed by atoms with Crippen LogP contribution in [0.15, 0.2) is 152 Å². The van der Waals surface area contributed by atoms with E-state index in [4.69, 9.17) is 0 Å². The molecule has 10 rings (SSSR count). The van der Waals surface area contributed by atoms with Gasteiger partial charge in [0.2, 0.25) is 0 Å². The summed E-state index contributed by atoms with van der Waals surface area (Å²) in [5.41, 5.74) is -9.03. The second-order valence-electron chi connectivity index (χ2n) is 17.1. The molecule has 370 valence electrons. The van der Waals surface area contributed by atoms with Gasteiger partial charge in [-0.25, -0.2) is 0 Å². The number of para-hydroxylation sites is 2. The Balaban J connectivity index is 1.33. The number of aromatic nitrogens is 2. The van der Waals surface area contributed by atoms with Crippen molar-refractivity contribution in [3.05, 3.63) is 191 Å². The summed E-state index contributed by atoms with van der Waals surface area (Å²) in [6, 6.07) is 32.1. The van der Waals surface area contributed by atoms with Gasteiger partial charge in [-0.1, -0.05) is 66.7 Å². The van der Waals surface area contributed by atoms with Crippen LogP contribution in [0.1, 0.15) is 38.9 Å². The number of halogens is 15. The number of nitriles is 2. The minimum atomic E-state index is -5.21. The van der Waals surface area contributed by atoms with E-state index in [0.717, 1.165) is 6.07 Å². The Morgan fingerprint density at radius 2 is 0.689 bits per heavy atom. The first kappa shape index (κ1) is 48.9. The van der Waals surface area contributed by atoms with Gasteiger partial charge >= 0.3 is 30.9 Å². The molecular weight excluding hydrogens is 1000 g/mol. The van der Waals surface area contributed by atoms with Crippen molar-refractivity contribution in [2.45, 2.75) is 30.9 Å². The summed E-state index contributed by atoms with van der Waals surface area (Å²) < 4.78 is 215. The van der Waals surface area contributed by atoms with E-state index in [9.17, 15) is 76.4 Å². The number of benzene rings is 8. The molecule has 0 unspecified atom stereocenters. The van der Waals surface area contributed by atoms with Crippen LogP contribution < -0.4 is 0 Å². The van der Waals surface area contributed by atoms with Gasteiger partial charge in [0.05, 0.1) is 72.9 Å². The van der Waals surface area contributed by atoms with E-state index in [1.54, 1.807) is 54.6 Å². The van der Waals surface area contributed by atoms with Gasteiger partial charge in [0, 0.05) is 21.5 Å². The molecule has 0 fully saturated rings. The maximum atomic E-state index is 14.1. The van der Waals surface area contributed by atoms with Crippen LogP contribution in [0.5, 0.6) is 0 Å². The highest BCUT2D eigenvalue weighted by molar-refractivity contribution is 6.12. The number of nitrogens with zero attached hydrogens (tertiary/aromatic N) is 4. The normalized spacial score (nSPS) is 12.8. The molecule has 4 nitrogen and oxygen atoms in total. The Hall–Kier alpha value is -8.71. The van der Waals surface area contributed by atoms with Crippen LogP contribution >= 0.6 is 0 Å². The summed E-state index contributed by atoms with van der Waals surface area (Å²) >= 11 is 0. The summed E-state index contributed by atoms with van der Waals surface area (Å²) in [6.07, 6.45) is -25.7. The van der Waals surface area contributed by atoms with E-state index in [1.807, 2.05) is 0 Å². The van der Waals surface area contributed by atoms with Crippen molar-refractivity contribution in [2.24, 2.45) is 0 Å². The Bertz CT molecular complexity index is 3760. The highest BCUT2D eigenvalue weighted by Crippen LogP contribution is 2.46. The molecule has 0 amide bonds. The second-order valence-corrected chi connectivity index (χ2v) is 17.1. The van der Waals surface area contributed by atoms with Crippen LogP contribution in [0.2, 0.25) is 0 Å². The van der Waals surface area contributed by atoms with Crippen molar-refractivity contribution >= 4 is 43.6 Å². The fraction of sp³-hybridized carbons (Fsp3) is 0.0909. The van der Waals surface area contributed by atoms with Gasteiger partial charge in [0.15, 0.2) is 0 Å². The molecule has 2 heterocycles. The molecule has 0 atom stereocenters. The molecular formula is C55H25F15N4. The third-order valence-electron chi connectivity index (χ3n) is 12.7. The molecule has 0 saturated carbocycles. The topological polar surface area (TPSA) is 57.4 Å². The molecule has 0 aliphatic heterocycles. The quantitative estimate of drug-likeness (QED) is 0.161. The van der Waals surface area contributed by atoms with E-state index >= 15 is 0 Å². The van der Waals surface area contributed by atoms with Gasteiger partial charge in [-0.2, -0.15) is 76.4 Å². The summed E-state index contributed by atoms with van der Waals surface area (Å²) in [5.74, 6) is 0. The van der Waals surface area contributed by atoms with Crippen molar-refractivity contribution in [1.82, 2.24) is 9.13 Å². The first-order valence-corrected chi connectivity index (χ1v) is 21.6. The number of hydrogen-bond acceptors (Lipinski definition) is 2. The summed E-state index contributed by atoms with van der Waals surface area (Å²) in [4.78, 5) is 0. The predicted molar refractivity (Wildman–Crippen MR) is 246 cm³/mol. The van der Waals surface area contributed by atoms with Gasteiger partial charge in [-0.05, 0) is 118 Å². The standard InChI is InChI=1S/C55H25F15N4/c56-51(57,58)34-11-14-39(33(19-34)26-71)32-22-49(73-45-7-3-1-5-40(45)42-12-9-28(20-47(42)73)30-15-35(52(59,60)61)24-36(16-30)53(62,63)64)44(27-72)50(23-32)74-46-8-4-2-6-41(46)43-13-10-29(21-48(43)74)31-17-37(54(65,66)67)25-38(18-31)55(68,69)70/h1-25H. The number of rotatable bonds is 5. The Morgan fingerprint density at radius 1 is 0.311 bits per heavy atom. The molecule has 0 spiro atoms. The molecule has 0 N–H and O–H groups in total. The molecule has 19 heteroatoms. The second kappa shape index (κ2) is 16.9. The molecule has 0 aliphatic rings. The smallest absolute Gasteiger partial charge is 0.308 e. The largest absolute Gasteiger partial charge is 0.416 e. The van der Waals surface area contributed by atoms with Crippen LogP contribution in [-0.2, 0) is 30.9 Å². The van der Waals surface area contributed by atoms with Crippen molar-refractivity contribution in [1.29, 1.82) is 10.5 Å². The van der Waals surface area contributed by atoms with Crippen molar-refractivity contribution in [3.8, 4) is 56.9 Å². The monoisotopic (exact) mass is 1030 g/mol. The zero-order chi connectivity index (χ0) is 53.0. The average molecular weight is 1030 g/mol. The van der Waals surface area contributed by atoms with Crippen LogP contribution in [0.3, 0.4) is 0 Å². The van der Waals surface area contributed by atoms with Crippen LogP contribution in [0, 0.1) is 22.7 Å². The molecule has 10 aromatic rings. The number of hydrogen-bond donors (Lipinski definition) is 0. The maximum Gasteiger partial charge on any atom is 0.416 e. The zero-order valence-corrected chi connectivity index (χ0v) is 36.9. The maximum absolute atomic E-state index is 14.1. The first-order valence-electron chi connectivity index (χ1n) is 21.6. The Kier molecular flexibility index (Phi) is 11.2. The lowest BCUT2D eigenvalue weighted by atomic mass is 9.95. The summed E-state index contributed by atoms with van der Waals surface area (Å²) in [6.45, 7) is 0. The average Bonchev–Trinajstić information content (AvgIpc) is 3.86. The van der Waals surface area contributed by atoms with Gasteiger partial charge in [-0.15, -0.1) is 0 Å². The fourth-order valence-corrected chi connectivity index (χ4v) is 9.36. The molecule has 0 saturated heterocycles. The molecule has 8 aromatic carbocycles. The van der Waals surface area contributed by atoms with Gasteiger partial charge in [0.25, 0.3) is 0 Å². The van der Waals surface area contributed by atoms with Crippen LogP contribution in [-0.4, -0.2) is 9.13 Å². The van der Waals surface area contributed by atoms with Gasteiger partial charge in [0.1, 0.15) is 11.6 Å². The van der Waals surface area contributed by atoms with Crippen LogP contribution in [0.25, 0.3) is 88.4 Å². The van der Waals surface area contributed by atoms with Gasteiger partial charge < -0.3 is 9.13 Å². The van der Waals surface area contributed by atoms with Gasteiger partial charge in [-0.3, -0.25) is 0 Å². The Morgan fingerprint density at radius 3 is 1.05 bits per heavy atom. The van der Waals surface area contributed by atoms with Crippen molar-refractivity contribution in [2.75, 3.05) is 0 Å². The highest BCUT2D eigenvalue weighted by atomic mass is 19.4. The van der Waals surface area contributed by atoms with E-state index in [2.05, 4.69) is 6.07 Å². The van der Waals surface area contributed by atoms with E-state index < -0.39 is 75.4 Å². The van der Waals surface area contributed by atoms with Crippen molar-refractivity contribution < 1.29 is 65.9 Å². The van der Waals surface area contributed by atoms with E-state index in [1.165, 1.54) is 57.7 Å². The SMILES string of the molecule is N#Cc1cc(C(F)(F)F)ccc1-c1cc(-n2c3ccccc3c3ccc(-c4cc(C(F)(F)F)cc(C(F)(F)F)c4)cc32)c(C#N)c(-n2c3ccccc3c3ccc(-c4cc(C(F)(F)F)cc(C(F)(F)F)c4)cc32)c1. The first-order chi connectivity index (χ1) is 34.7. The molecule has 0 bridgehead atoms. The Labute approximate surface area is 406 Å². The number of alkyl halides is 15. The molecule has 2 aromatic heterocycles.